The van der Waals surface area contributed by atoms with Gasteiger partial charge in [-0.15, -0.1) is 0 Å². The summed E-state index contributed by atoms with van der Waals surface area (Å²) in [4.78, 5) is 0.191. The van der Waals surface area contributed by atoms with E-state index in [0.717, 1.165) is 0 Å². The normalized spacial score (nSPS) is 13.4. The predicted molar refractivity (Wildman–Crippen MR) is 83.2 cm³/mol. The van der Waals surface area contributed by atoms with Crippen LogP contribution in [0.1, 0.15) is 26.3 Å². The summed E-state index contributed by atoms with van der Waals surface area (Å²) in [6.07, 6.45) is 0. The molecule has 0 unspecified atom stereocenters. The van der Waals surface area contributed by atoms with Gasteiger partial charge in [-0.25, -0.2) is 8.42 Å². The molecule has 20 heavy (non-hydrogen) atoms. The third kappa shape index (κ3) is 5.05. The lowest BCUT2D eigenvalue weighted by molar-refractivity contribution is 0.318. The molecule has 7 heteroatoms. The van der Waals surface area contributed by atoms with Crippen LogP contribution in [0.4, 0.5) is 0 Å². The number of hydrogen-bond acceptors (Lipinski definition) is 5. The lowest BCUT2D eigenvalue weighted by Crippen LogP contribution is -2.16. The fourth-order valence-corrected chi connectivity index (χ4v) is 4.13. The van der Waals surface area contributed by atoms with Crippen molar-refractivity contribution in [3.05, 3.63) is 29.8 Å². The largest absolute Gasteiger partial charge is 0.409 e. The van der Waals surface area contributed by atoms with Gasteiger partial charge in [-0.2, -0.15) is 11.8 Å². The van der Waals surface area contributed by atoms with Crippen LogP contribution in [0.2, 0.25) is 0 Å². The molecule has 0 saturated carbocycles. The molecule has 0 fully saturated rings. The van der Waals surface area contributed by atoms with Crippen LogP contribution in [0, 0.1) is 0 Å². The molecule has 0 aliphatic heterocycles. The Morgan fingerprint density at radius 2 is 2.05 bits per heavy atom. The van der Waals surface area contributed by atoms with Crippen LogP contribution >= 0.6 is 11.8 Å². The molecule has 112 valence electrons. The highest BCUT2D eigenvalue weighted by atomic mass is 32.2. The van der Waals surface area contributed by atoms with Crippen LogP contribution in [-0.2, 0) is 9.84 Å². The van der Waals surface area contributed by atoms with Crippen molar-refractivity contribution in [2.24, 2.45) is 10.9 Å². The van der Waals surface area contributed by atoms with Crippen molar-refractivity contribution in [1.29, 1.82) is 0 Å². The van der Waals surface area contributed by atoms with Crippen LogP contribution in [0.15, 0.2) is 34.3 Å². The number of sulfone groups is 1. The van der Waals surface area contributed by atoms with Gasteiger partial charge in [0.05, 0.1) is 10.6 Å². The van der Waals surface area contributed by atoms with E-state index in [1.165, 1.54) is 12.1 Å². The molecule has 0 radical (unpaired) electrons. The zero-order valence-electron chi connectivity index (χ0n) is 11.8. The molecule has 1 aromatic rings. The lowest BCUT2D eigenvalue weighted by atomic mass is 10.2. The highest BCUT2D eigenvalue weighted by Crippen LogP contribution is 2.24. The van der Waals surface area contributed by atoms with E-state index in [-0.39, 0.29) is 21.2 Å². The molecule has 3 N–H and O–H groups in total. The molecule has 1 aromatic carbocycles. The number of hydrogen-bond donors (Lipinski definition) is 2. The maximum absolute atomic E-state index is 12.2. The third-order valence-corrected chi connectivity index (χ3v) is 5.73. The molecular weight excluding hydrogens is 296 g/mol. The van der Waals surface area contributed by atoms with Crippen molar-refractivity contribution < 1.29 is 13.6 Å². The van der Waals surface area contributed by atoms with Crippen molar-refractivity contribution in [3.8, 4) is 0 Å². The van der Waals surface area contributed by atoms with Gasteiger partial charge in [0.1, 0.15) is 0 Å². The highest BCUT2D eigenvalue weighted by Gasteiger charge is 2.18. The van der Waals surface area contributed by atoms with Gasteiger partial charge in [0.2, 0.25) is 0 Å². The number of benzene rings is 1. The molecule has 5 nitrogen and oxygen atoms in total. The minimum atomic E-state index is -3.36. The SMILES string of the molecule is CC(C)(C)SCCS(=O)(=O)c1cccc(/C(N)=N/O)c1. The van der Waals surface area contributed by atoms with E-state index in [2.05, 4.69) is 5.16 Å². The second kappa shape index (κ2) is 6.49. The topological polar surface area (TPSA) is 92.8 Å². The Morgan fingerprint density at radius 1 is 1.40 bits per heavy atom. The van der Waals surface area contributed by atoms with E-state index in [1.807, 2.05) is 20.8 Å². The quantitative estimate of drug-likeness (QED) is 0.375. The van der Waals surface area contributed by atoms with Gasteiger partial charge in [0, 0.05) is 16.1 Å². The maximum atomic E-state index is 12.2. The summed E-state index contributed by atoms with van der Waals surface area (Å²) in [6, 6.07) is 6.12. The summed E-state index contributed by atoms with van der Waals surface area (Å²) in [5, 5.41) is 11.5. The monoisotopic (exact) mass is 316 g/mol. The summed E-state index contributed by atoms with van der Waals surface area (Å²) in [6.45, 7) is 6.13. The molecule has 0 atom stereocenters. The predicted octanol–water partition coefficient (Wildman–Crippen LogP) is 2.09. The Morgan fingerprint density at radius 3 is 2.60 bits per heavy atom. The van der Waals surface area contributed by atoms with Gasteiger partial charge in [0.15, 0.2) is 15.7 Å². The van der Waals surface area contributed by atoms with E-state index >= 15 is 0 Å². The fraction of sp³-hybridized carbons (Fsp3) is 0.462. The van der Waals surface area contributed by atoms with E-state index in [1.54, 1.807) is 23.9 Å². The molecule has 0 bridgehead atoms. The first kappa shape index (κ1) is 16.8. The minimum Gasteiger partial charge on any atom is -0.409 e. The molecule has 0 aromatic heterocycles. The number of thioether (sulfide) groups is 1. The first-order valence-corrected chi connectivity index (χ1v) is 8.74. The lowest BCUT2D eigenvalue weighted by Gasteiger charge is -2.17. The van der Waals surface area contributed by atoms with Crippen LogP contribution in [0.3, 0.4) is 0 Å². The van der Waals surface area contributed by atoms with Crippen LogP contribution in [-0.4, -0.2) is 35.7 Å². The zero-order chi connectivity index (χ0) is 15.4. The number of oxime groups is 1. The van der Waals surface area contributed by atoms with Gasteiger partial charge in [-0.3, -0.25) is 0 Å². The Bertz CT molecular complexity index is 590. The Kier molecular flexibility index (Phi) is 5.47. The van der Waals surface area contributed by atoms with Crippen molar-refractivity contribution in [2.45, 2.75) is 30.4 Å². The van der Waals surface area contributed by atoms with Crippen molar-refractivity contribution in [3.63, 3.8) is 0 Å². The molecule has 0 saturated heterocycles. The second-order valence-electron chi connectivity index (χ2n) is 5.29. The number of rotatable bonds is 5. The van der Waals surface area contributed by atoms with Crippen LogP contribution < -0.4 is 5.73 Å². The number of nitrogens with zero attached hydrogens (tertiary/aromatic N) is 1. The summed E-state index contributed by atoms with van der Waals surface area (Å²) in [5.74, 6) is 0.486. The summed E-state index contributed by atoms with van der Waals surface area (Å²) in [5.41, 5.74) is 5.85. The summed E-state index contributed by atoms with van der Waals surface area (Å²) in [7, 11) is -3.36. The molecular formula is C13H20N2O3S2. The average molecular weight is 316 g/mol. The number of nitrogens with two attached hydrogens (primary N) is 1. The smallest absolute Gasteiger partial charge is 0.179 e. The molecule has 0 heterocycles. The fourth-order valence-electron chi connectivity index (χ4n) is 1.48. The van der Waals surface area contributed by atoms with E-state index in [4.69, 9.17) is 10.9 Å². The van der Waals surface area contributed by atoms with Gasteiger partial charge in [-0.05, 0) is 12.1 Å². The Labute approximate surface area is 124 Å². The second-order valence-corrected chi connectivity index (χ2v) is 9.32. The molecule has 0 aliphatic rings. The van der Waals surface area contributed by atoms with Gasteiger partial charge in [-0.1, -0.05) is 38.1 Å². The molecule has 0 aliphatic carbocycles. The summed E-state index contributed by atoms with van der Waals surface area (Å²) >= 11 is 1.60. The molecule has 1 rings (SSSR count). The highest BCUT2D eigenvalue weighted by molar-refractivity contribution is 8.01. The number of amidine groups is 1. The third-order valence-electron chi connectivity index (χ3n) is 2.48. The van der Waals surface area contributed by atoms with Gasteiger partial charge >= 0.3 is 0 Å². The van der Waals surface area contributed by atoms with E-state index in [9.17, 15) is 8.42 Å². The van der Waals surface area contributed by atoms with Crippen LogP contribution in [0.5, 0.6) is 0 Å². The van der Waals surface area contributed by atoms with Crippen LogP contribution in [0.25, 0.3) is 0 Å². The van der Waals surface area contributed by atoms with Crippen molar-refractivity contribution >= 4 is 27.4 Å². The summed E-state index contributed by atoms with van der Waals surface area (Å²) < 4.78 is 24.5. The van der Waals surface area contributed by atoms with E-state index in [0.29, 0.717) is 11.3 Å². The Hall–Kier alpha value is -1.21. The maximum Gasteiger partial charge on any atom is 0.179 e. The van der Waals surface area contributed by atoms with Gasteiger partial charge in [0.25, 0.3) is 0 Å². The molecule has 0 amide bonds. The average Bonchev–Trinajstić information content (AvgIpc) is 2.36. The zero-order valence-corrected chi connectivity index (χ0v) is 13.5. The first-order chi connectivity index (χ1) is 9.15. The standard InChI is InChI=1S/C13H20N2O3S2/c1-13(2,3)19-7-8-20(17,18)11-6-4-5-10(9-11)12(14)15-16/h4-6,9,16H,7-8H2,1-3H3,(H2,14,15). The van der Waals surface area contributed by atoms with E-state index < -0.39 is 9.84 Å². The molecule has 0 spiro atoms. The Balaban J connectivity index is 2.88. The minimum absolute atomic E-state index is 0.0331. The van der Waals surface area contributed by atoms with Crippen molar-refractivity contribution in [2.75, 3.05) is 11.5 Å². The van der Waals surface area contributed by atoms with Crippen molar-refractivity contribution in [1.82, 2.24) is 0 Å². The van der Waals surface area contributed by atoms with Gasteiger partial charge < -0.3 is 10.9 Å². The first-order valence-electron chi connectivity index (χ1n) is 6.10.